The van der Waals surface area contributed by atoms with E-state index >= 15 is 0 Å². The predicted molar refractivity (Wildman–Crippen MR) is 213 cm³/mol. The maximum Gasteiger partial charge on any atom is 0.122 e. The molecule has 0 saturated heterocycles. The molecule has 1 aromatic rings. The highest BCUT2D eigenvalue weighted by Crippen LogP contribution is 2.30. The van der Waals surface area contributed by atoms with Crippen LogP contribution in [-0.4, -0.2) is 7.18 Å². The monoisotopic (exact) mass is 639 g/mol. The number of rotatable bonds is 8. The van der Waals surface area contributed by atoms with Crippen molar-refractivity contribution in [3.8, 4) is 0 Å². The first-order valence-electron chi connectivity index (χ1n) is 18.5. The lowest BCUT2D eigenvalue weighted by molar-refractivity contribution is 0.292. The smallest absolute Gasteiger partial charge is 0.122 e. The third kappa shape index (κ3) is 46.6. The van der Waals surface area contributed by atoms with Gasteiger partial charge >= 0.3 is 0 Å². The molecule has 1 saturated carbocycles. The highest BCUT2D eigenvalue weighted by molar-refractivity contribution is 5.61. The maximum absolute atomic E-state index is 12.7. The van der Waals surface area contributed by atoms with Gasteiger partial charge in [0.1, 0.15) is 6.17 Å². The van der Waals surface area contributed by atoms with Gasteiger partial charge in [-0.3, -0.25) is 4.39 Å². The van der Waals surface area contributed by atoms with E-state index in [4.69, 9.17) is 0 Å². The Bertz CT molecular complexity index is 685. The molecule has 45 heavy (non-hydrogen) atoms. The van der Waals surface area contributed by atoms with Crippen molar-refractivity contribution >= 4 is 5.57 Å². The molecular weight excluding hydrogens is 554 g/mol. The second-order valence-corrected chi connectivity index (χ2v) is 9.82. The quantitative estimate of drug-likeness (QED) is 0.249. The summed E-state index contributed by atoms with van der Waals surface area (Å²) < 4.78 is 22.2. The summed E-state index contributed by atoms with van der Waals surface area (Å²) in [7, 11) is 0.500. The summed E-state index contributed by atoms with van der Waals surface area (Å²) in [6.45, 7) is 40.2. The number of halogens is 2. The number of alkyl halides is 2. The summed E-state index contributed by atoms with van der Waals surface area (Å²) in [4.78, 5) is 0. The Hall–Kier alpha value is -1.96. The molecule has 270 valence electrons. The number of benzene rings is 1. The summed E-state index contributed by atoms with van der Waals surface area (Å²) >= 11 is 0. The Kier molecular flexibility index (Phi) is 70.9. The van der Waals surface area contributed by atoms with Crippen LogP contribution in [0.5, 0.6) is 0 Å². The lowest BCUT2D eigenvalue weighted by atomic mass is 9.81. The van der Waals surface area contributed by atoms with E-state index < -0.39 is 6.17 Å². The van der Waals surface area contributed by atoms with Gasteiger partial charge in [0.2, 0.25) is 0 Å². The normalized spacial score (nSPS) is 14.8. The molecule has 1 aliphatic carbocycles. The van der Waals surface area contributed by atoms with E-state index in [-0.39, 0.29) is 0 Å². The van der Waals surface area contributed by atoms with E-state index in [9.17, 15) is 8.78 Å². The van der Waals surface area contributed by atoms with Crippen LogP contribution in [0.2, 0.25) is 0 Å². The molecule has 0 radical (unpaired) electrons. The van der Waals surface area contributed by atoms with Gasteiger partial charge in [0, 0.05) is 0 Å². The van der Waals surface area contributed by atoms with Crippen LogP contribution in [0, 0.1) is 11.8 Å². The van der Waals surface area contributed by atoms with Crippen molar-refractivity contribution in [2.75, 3.05) is 7.18 Å². The van der Waals surface area contributed by atoms with Crippen molar-refractivity contribution in [2.45, 2.75) is 175 Å². The molecule has 1 aromatic carbocycles. The number of unbranched alkanes of at least 4 members (excludes halogenated alkanes) is 1. The second-order valence-electron chi connectivity index (χ2n) is 9.82. The average molecular weight is 639 g/mol. The van der Waals surface area contributed by atoms with E-state index in [1.165, 1.54) is 63.9 Å². The molecule has 2 rings (SSSR count). The molecule has 1 aliphatic rings. The fraction of sp³-hybridized carbons (Fsp3) is 0.674. The van der Waals surface area contributed by atoms with Gasteiger partial charge in [-0.25, -0.2) is 4.39 Å². The SMILES string of the molecule is C=C(C)c1ccc([C@@H](C)F)cc1.C=C/C=C(\C=C/CC1CCC(C)CC1)CC.CC.CC.CC.CC.CCC.CCCC.CF. The third-order valence-electron chi connectivity index (χ3n) is 6.04. The molecule has 0 aromatic heterocycles. The molecule has 0 heterocycles. The topological polar surface area (TPSA) is 0 Å². The number of allylic oxidation sites excluding steroid dienone is 6. The summed E-state index contributed by atoms with van der Waals surface area (Å²) in [6, 6.07) is 7.39. The highest BCUT2D eigenvalue weighted by Gasteiger charge is 2.16. The van der Waals surface area contributed by atoms with Gasteiger partial charge in [0.05, 0.1) is 7.18 Å². The minimum atomic E-state index is -0.885. The van der Waals surface area contributed by atoms with Gasteiger partial charge in [-0.05, 0) is 68.1 Å². The van der Waals surface area contributed by atoms with E-state index in [1.807, 2.05) is 80.5 Å². The summed E-state index contributed by atoms with van der Waals surface area (Å²) in [5.74, 6) is 1.90. The molecular formula is C43H84F2. The predicted octanol–water partition coefficient (Wildman–Crippen LogP) is 16.9. The first-order chi connectivity index (χ1) is 21.7. The van der Waals surface area contributed by atoms with Crippen LogP contribution in [-0.2, 0) is 0 Å². The fourth-order valence-corrected chi connectivity index (χ4v) is 3.45. The lowest BCUT2D eigenvalue weighted by Crippen LogP contribution is -2.11. The third-order valence-corrected chi connectivity index (χ3v) is 6.04. The highest BCUT2D eigenvalue weighted by atomic mass is 19.1. The van der Waals surface area contributed by atoms with Crippen LogP contribution >= 0.6 is 0 Å². The molecule has 0 aliphatic heterocycles. The molecule has 0 bridgehead atoms. The van der Waals surface area contributed by atoms with Crippen molar-refractivity contribution in [1.29, 1.82) is 0 Å². The van der Waals surface area contributed by atoms with Crippen LogP contribution < -0.4 is 0 Å². The fourth-order valence-electron chi connectivity index (χ4n) is 3.45. The first kappa shape index (κ1) is 58.6. The first-order valence-corrected chi connectivity index (χ1v) is 18.5. The molecule has 0 N–H and O–H groups in total. The zero-order valence-electron chi connectivity index (χ0n) is 33.9. The summed E-state index contributed by atoms with van der Waals surface area (Å²) in [6.07, 6.45) is 19.7. The van der Waals surface area contributed by atoms with Gasteiger partial charge in [0.25, 0.3) is 0 Å². The Labute approximate surface area is 286 Å². The van der Waals surface area contributed by atoms with Gasteiger partial charge in [-0.1, -0.05) is 196 Å². The molecule has 0 amide bonds. The summed E-state index contributed by atoms with van der Waals surface area (Å²) in [5.41, 5.74) is 4.19. The zero-order valence-corrected chi connectivity index (χ0v) is 33.9. The second kappa shape index (κ2) is 54.5. The zero-order chi connectivity index (χ0) is 37.1. The number of hydrogen-bond acceptors (Lipinski definition) is 0. The van der Waals surface area contributed by atoms with Crippen LogP contribution in [0.15, 0.2) is 67.3 Å². The lowest BCUT2D eigenvalue weighted by Gasteiger charge is -2.25. The van der Waals surface area contributed by atoms with Gasteiger partial charge in [0.15, 0.2) is 0 Å². The molecule has 1 atom stereocenters. The van der Waals surface area contributed by atoms with Gasteiger partial charge < -0.3 is 0 Å². The largest absolute Gasteiger partial charge is 0.255 e. The molecule has 1 fully saturated rings. The van der Waals surface area contributed by atoms with Crippen LogP contribution in [0.25, 0.3) is 5.57 Å². The summed E-state index contributed by atoms with van der Waals surface area (Å²) in [5, 5.41) is 0. The molecule has 0 unspecified atom stereocenters. The van der Waals surface area contributed by atoms with E-state index in [2.05, 4.69) is 72.9 Å². The van der Waals surface area contributed by atoms with E-state index in [0.29, 0.717) is 7.18 Å². The van der Waals surface area contributed by atoms with Gasteiger partial charge in [-0.2, -0.15) is 0 Å². The van der Waals surface area contributed by atoms with Gasteiger partial charge in [-0.15, -0.1) is 0 Å². The Morgan fingerprint density at radius 3 is 1.51 bits per heavy atom. The van der Waals surface area contributed by atoms with Crippen molar-refractivity contribution in [3.63, 3.8) is 0 Å². The molecule has 0 spiro atoms. The standard InChI is InChI=1S/C16H26.C11H13F.C4H10.C3H8.4C2H6.CH3F/c1-4-7-15(5-2)8-6-9-16-12-10-14(3)11-13-16;1-8(2)10-4-6-11(7-5-10)9(3)12;1-3-4-2;1-3-2;5*1-2/h4,6-8,14,16H,1,5,9-13H2,2-3H3;4-7,9H,1H2,2-3H3;3-4H2,1-2H3;3H2,1-2H3;4*1-2H3;1H3/b8-6-,15-7-;;;;;;;;/t;9-;;;;;;;/m.1......./s1. The minimum Gasteiger partial charge on any atom is -0.255 e. The van der Waals surface area contributed by atoms with Crippen molar-refractivity contribution < 1.29 is 8.78 Å². The van der Waals surface area contributed by atoms with Crippen molar-refractivity contribution in [2.24, 2.45) is 11.8 Å². The minimum absolute atomic E-state index is 0.500. The Morgan fingerprint density at radius 2 is 1.22 bits per heavy atom. The van der Waals surface area contributed by atoms with Crippen LogP contribution in [0.1, 0.15) is 186 Å². The van der Waals surface area contributed by atoms with Crippen molar-refractivity contribution in [3.05, 3.63) is 78.4 Å². The molecule has 0 nitrogen and oxygen atoms in total. The van der Waals surface area contributed by atoms with Crippen molar-refractivity contribution in [1.82, 2.24) is 0 Å². The maximum atomic E-state index is 12.7. The van der Waals surface area contributed by atoms with E-state index in [0.717, 1.165) is 35.0 Å². The van der Waals surface area contributed by atoms with Crippen LogP contribution in [0.3, 0.4) is 0 Å². The molecule has 2 heteroatoms. The Morgan fingerprint density at radius 1 is 0.822 bits per heavy atom. The number of hydrogen-bond donors (Lipinski definition) is 0. The van der Waals surface area contributed by atoms with Crippen LogP contribution in [0.4, 0.5) is 8.78 Å². The Balaban J connectivity index is -0.0000000876. The average Bonchev–Trinajstić information content (AvgIpc) is 3.10. The van der Waals surface area contributed by atoms with E-state index in [1.54, 1.807) is 12.1 Å².